The molecule has 7 nitrogen and oxygen atoms in total. The number of nitrogens with one attached hydrogen (secondary N) is 2. The first-order chi connectivity index (χ1) is 14.8. The number of anilines is 1. The Hall–Kier alpha value is -3.36. The van der Waals surface area contributed by atoms with Gasteiger partial charge < -0.3 is 10.1 Å². The SMILES string of the molecule is COC(=O)c1cc(S(=O)(=O)Nc2ccccc2C(=O)NCc2ccccc2)ccc1Cl. The van der Waals surface area contributed by atoms with Gasteiger partial charge in [0.25, 0.3) is 15.9 Å². The topological polar surface area (TPSA) is 102 Å². The molecule has 1 amide bonds. The van der Waals surface area contributed by atoms with Crippen LogP contribution in [0.1, 0.15) is 26.3 Å². The van der Waals surface area contributed by atoms with Crippen molar-refractivity contribution in [3.05, 3.63) is 94.5 Å². The van der Waals surface area contributed by atoms with Crippen molar-refractivity contribution in [2.24, 2.45) is 0 Å². The number of halogens is 1. The Bertz CT molecular complexity index is 1210. The van der Waals surface area contributed by atoms with Crippen LogP contribution >= 0.6 is 11.6 Å². The molecule has 0 saturated carbocycles. The molecule has 160 valence electrons. The van der Waals surface area contributed by atoms with Gasteiger partial charge in [-0.15, -0.1) is 0 Å². The highest BCUT2D eigenvalue weighted by atomic mass is 35.5. The first kappa shape index (κ1) is 22.3. The van der Waals surface area contributed by atoms with Crippen LogP contribution in [0.2, 0.25) is 5.02 Å². The fraction of sp³-hybridized carbons (Fsp3) is 0.0909. The summed E-state index contributed by atoms with van der Waals surface area (Å²) in [7, 11) is -2.94. The van der Waals surface area contributed by atoms with Crippen molar-refractivity contribution in [1.29, 1.82) is 0 Å². The molecule has 0 radical (unpaired) electrons. The Morgan fingerprint density at radius 1 is 0.935 bits per heavy atom. The minimum Gasteiger partial charge on any atom is -0.465 e. The van der Waals surface area contributed by atoms with E-state index in [1.54, 1.807) is 12.1 Å². The molecule has 2 N–H and O–H groups in total. The predicted octanol–water partition coefficient (Wildman–Crippen LogP) is 3.86. The molecular formula is C22H19ClN2O5S. The smallest absolute Gasteiger partial charge is 0.339 e. The zero-order chi connectivity index (χ0) is 22.4. The Morgan fingerprint density at radius 3 is 2.32 bits per heavy atom. The third-order valence-corrected chi connectivity index (χ3v) is 6.06. The van der Waals surface area contributed by atoms with Crippen LogP contribution in [0.5, 0.6) is 0 Å². The van der Waals surface area contributed by atoms with Gasteiger partial charge in [0.1, 0.15) is 0 Å². The lowest BCUT2D eigenvalue weighted by atomic mass is 10.1. The second kappa shape index (κ2) is 9.63. The summed E-state index contributed by atoms with van der Waals surface area (Å²) in [5.41, 5.74) is 1.08. The molecule has 0 bridgehead atoms. The molecule has 0 unspecified atom stereocenters. The van der Waals surface area contributed by atoms with E-state index < -0.39 is 21.9 Å². The Balaban J connectivity index is 1.84. The van der Waals surface area contributed by atoms with Crippen LogP contribution in [0.15, 0.2) is 77.7 Å². The first-order valence-electron chi connectivity index (χ1n) is 9.13. The molecule has 9 heteroatoms. The highest BCUT2D eigenvalue weighted by Gasteiger charge is 2.21. The van der Waals surface area contributed by atoms with Crippen molar-refractivity contribution in [2.75, 3.05) is 11.8 Å². The number of ether oxygens (including phenoxy) is 1. The van der Waals surface area contributed by atoms with E-state index in [0.717, 1.165) is 11.6 Å². The molecule has 0 aliphatic heterocycles. The van der Waals surface area contributed by atoms with E-state index in [1.165, 1.54) is 31.4 Å². The van der Waals surface area contributed by atoms with E-state index in [4.69, 9.17) is 11.6 Å². The fourth-order valence-electron chi connectivity index (χ4n) is 2.79. The van der Waals surface area contributed by atoms with E-state index in [1.807, 2.05) is 30.3 Å². The van der Waals surface area contributed by atoms with E-state index in [0.29, 0.717) is 6.54 Å². The monoisotopic (exact) mass is 458 g/mol. The van der Waals surface area contributed by atoms with Crippen molar-refractivity contribution in [2.45, 2.75) is 11.4 Å². The van der Waals surface area contributed by atoms with Gasteiger partial charge in [-0.3, -0.25) is 9.52 Å². The maximum atomic E-state index is 12.9. The first-order valence-corrected chi connectivity index (χ1v) is 11.0. The quantitative estimate of drug-likeness (QED) is 0.523. The molecule has 0 atom stereocenters. The van der Waals surface area contributed by atoms with Crippen molar-refractivity contribution in [1.82, 2.24) is 5.32 Å². The minimum atomic E-state index is -4.11. The van der Waals surface area contributed by atoms with Gasteiger partial charge in [-0.2, -0.15) is 0 Å². The summed E-state index contributed by atoms with van der Waals surface area (Å²) in [4.78, 5) is 24.3. The molecule has 0 aromatic heterocycles. The third kappa shape index (κ3) is 5.42. The summed E-state index contributed by atoms with van der Waals surface area (Å²) in [6, 6.07) is 19.2. The van der Waals surface area contributed by atoms with Gasteiger partial charge in [0.05, 0.1) is 33.8 Å². The summed E-state index contributed by atoms with van der Waals surface area (Å²) in [6.07, 6.45) is 0. The lowest BCUT2D eigenvalue weighted by Crippen LogP contribution is -2.25. The van der Waals surface area contributed by atoms with E-state index in [2.05, 4.69) is 14.8 Å². The predicted molar refractivity (Wildman–Crippen MR) is 118 cm³/mol. The molecular weight excluding hydrogens is 440 g/mol. The fourth-order valence-corrected chi connectivity index (χ4v) is 4.09. The summed E-state index contributed by atoms with van der Waals surface area (Å²) < 4.78 is 32.8. The number of hydrogen-bond acceptors (Lipinski definition) is 5. The van der Waals surface area contributed by atoms with Crippen molar-refractivity contribution in [3.8, 4) is 0 Å². The maximum Gasteiger partial charge on any atom is 0.339 e. The van der Waals surface area contributed by atoms with Crippen molar-refractivity contribution >= 4 is 39.2 Å². The Kier molecular flexibility index (Phi) is 6.94. The molecule has 31 heavy (non-hydrogen) atoms. The lowest BCUT2D eigenvalue weighted by Gasteiger charge is -2.13. The lowest BCUT2D eigenvalue weighted by molar-refractivity contribution is 0.0600. The highest BCUT2D eigenvalue weighted by molar-refractivity contribution is 7.92. The standard InChI is InChI=1S/C22H19ClN2O5S/c1-30-22(27)18-13-16(11-12-19(18)23)31(28,29)25-20-10-6-5-9-17(20)21(26)24-14-15-7-3-2-4-8-15/h2-13,25H,14H2,1H3,(H,24,26). The molecule has 0 saturated heterocycles. The Morgan fingerprint density at radius 2 is 1.61 bits per heavy atom. The number of methoxy groups -OCH3 is 1. The molecule has 0 heterocycles. The highest BCUT2D eigenvalue weighted by Crippen LogP contribution is 2.24. The number of carbonyl (C=O) groups is 2. The molecule has 0 fully saturated rings. The molecule has 3 rings (SSSR count). The number of hydrogen-bond donors (Lipinski definition) is 2. The molecule has 0 spiro atoms. The normalized spacial score (nSPS) is 10.9. The summed E-state index contributed by atoms with van der Waals surface area (Å²) >= 11 is 5.96. The van der Waals surface area contributed by atoms with Crippen molar-refractivity contribution < 1.29 is 22.7 Å². The van der Waals surface area contributed by atoms with Crippen LogP contribution in [0.25, 0.3) is 0 Å². The summed E-state index contributed by atoms with van der Waals surface area (Å²) in [5.74, 6) is -1.20. The van der Waals surface area contributed by atoms with Gasteiger partial charge in [-0.05, 0) is 35.9 Å². The maximum absolute atomic E-state index is 12.9. The van der Waals surface area contributed by atoms with Crippen LogP contribution in [0.4, 0.5) is 5.69 Å². The zero-order valence-corrected chi connectivity index (χ0v) is 18.0. The van der Waals surface area contributed by atoms with Crippen LogP contribution in [-0.4, -0.2) is 27.4 Å². The van der Waals surface area contributed by atoms with Crippen LogP contribution in [-0.2, 0) is 21.3 Å². The molecule has 3 aromatic rings. The van der Waals surface area contributed by atoms with E-state index >= 15 is 0 Å². The van der Waals surface area contributed by atoms with Gasteiger partial charge in [-0.1, -0.05) is 54.1 Å². The average molecular weight is 459 g/mol. The number of carbonyl (C=O) groups excluding carboxylic acids is 2. The molecule has 3 aromatic carbocycles. The Labute approximate surface area is 185 Å². The van der Waals surface area contributed by atoms with Crippen molar-refractivity contribution in [3.63, 3.8) is 0 Å². The number of amides is 1. The largest absolute Gasteiger partial charge is 0.465 e. The third-order valence-electron chi connectivity index (χ3n) is 4.37. The van der Waals surface area contributed by atoms with Gasteiger partial charge in [0, 0.05) is 6.54 Å². The second-order valence-electron chi connectivity index (χ2n) is 6.45. The summed E-state index contributed by atoms with van der Waals surface area (Å²) in [5, 5.41) is 2.83. The molecule has 0 aliphatic carbocycles. The van der Waals surface area contributed by atoms with Gasteiger partial charge in [0.2, 0.25) is 0 Å². The average Bonchev–Trinajstić information content (AvgIpc) is 2.78. The second-order valence-corrected chi connectivity index (χ2v) is 8.54. The zero-order valence-electron chi connectivity index (χ0n) is 16.5. The van der Waals surface area contributed by atoms with E-state index in [9.17, 15) is 18.0 Å². The number of esters is 1. The summed E-state index contributed by atoms with van der Waals surface area (Å²) in [6.45, 7) is 0.292. The van der Waals surface area contributed by atoms with Gasteiger partial charge in [0.15, 0.2) is 0 Å². The van der Waals surface area contributed by atoms with Crippen LogP contribution in [0, 0.1) is 0 Å². The number of benzene rings is 3. The minimum absolute atomic E-state index is 0.0616. The molecule has 0 aliphatic rings. The van der Waals surface area contributed by atoms with Gasteiger partial charge in [-0.25, -0.2) is 13.2 Å². The number of rotatable bonds is 7. The number of para-hydroxylation sites is 1. The van der Waals surface area contributed by atoms with Crippen LogP contribution in [0.3, 0.4) is 0 Å². The van der Waals surface area contributed by atoms with Gasteiger partial charge >= 0.3 is 5.97 Å². The number of sulfonamides is 1. The van der Waals surface area contributed by atoms with Crippen LogP contribution < -0.4 is 10.0 Å². The van der Waals surface area contributed by atoms with E-state index in [-0.39, 0.29) is 26.7 Å².